The smallest absolute Gasteiger partial charge is 0.199 e. The molecule has 2 aromatic heterocycles. The number of rotatable bonds is 4. The molecular formula is C19H23N3O2. The van der Waals surface area contributed by atoms with Crippen molar-refractivity contribution >= 4 is 11.1 Å². The Morgan fingerprint density at radius 2 is 2.17 bits per heavy atom. The molecule has 1 saturated heterocycles. The van der Waals surface area contributed by atoms with E-state index in [-0.39, 0.29) is 0 Å². The summed E-state index contributed by atoms with van der Waals surface area (Å²) >= 11 is 0. The quantitative estimate of drug-likeness (QED) is 0.715. The van der Waals surface area contributed by atoms with E-state index in [4.69, 9.17) is 8.94 Å². The Morgan fingerprint density at radius 1 is 1.29 bits per heavy atom. The highest BCUT2D eigenvalue weighted by Crippen LogP contribution is 2.29. The van der Waals surface area contributed by atoms with Gasteiger partial charge in [-0.05, 0) is 37.4 Å². The van der Waals surface area contributed by atoms with E-state index in [1.54, 1.807) is 0 Å². The second-order valence-electron chi connectivity index (χ2n) is 6.97. The van der Waals surface area contributed by atoms with Gasteiger partial charge < -0.3 is 8.94 Å². The zero-order chi connectivity index (χ0) is 16.5. The maximum absolute atomic E-state index is 5.97. The summed E-state index contributed by atoms with van der Waals surface area (Å²) in [7, 11) is 0. The molecular weight excluding hydrogens is 302 g/mol. The molecule has 1 aliphatic rings. The van der Waals surface area contributed by atoms with Crippen LogP contribution in [0.3, 0.4) is 0 Å². The van der Waals surface area contributed by atoms with Crippen molar-refractivity contribution in [2.24, 2.45) is 0 Å². The molecule has 1 aliphatic heterocycles. The summed E-state index contributed by atoms with van der Waals surface area (Å²) in [4.78, 5) is 7.09. The SMILES string of the molecule is CC(C)c1cc(CN2CCC[C@@H](c3nc4ccccc4o3)C2)on1. The number of benzene rings is 1. The Kier molecular flexibility index (Phi) is 4.10. The lowest BCUT2D eigenvalue weighted by Gasteiger charge is -2.30. The highest BCUT2D eigenvalue weighted by Gasteiger charge is 2.26. The lowest BCUT2D eigenvalue weighted by Crippen LogP contribution is -2.33. The van der Waals surface area contributed by atoms with Crippen LogP contribution in [0.25, 0.3) is 11.1 Å². The van der Waals surface area contributed by atoms with Gasteiger partial charge in [0.15, 0.2) is 17.2 Å². The largest absolute Gasteiger partial charge is 0.440 e. The number of hydrogen-bond acceptors (Lipinski definition) is 5. The van der Waals surface area contributed by atoms with E-state index in [0.29, 0.717) is 11.8 Å². The third kappa shape index (κ3) is 3.08. The van der Waals surface area contributed by atoms with Crippen molar-refractivity contribution in [1.82, 2.24) is 15.0 Å². The Balaban J connectivity index is 1.46. The molecule has 126 valence electrons. The first-order valence-electron chi connectivity index (χ1n) is 8.72. The number of nitrogens with zero attached hydrogens (tertiary/aromatic N) is 3. The summed E-state index contributed by atoms with van der Waals surface area (Å²) in [5, 5.41) is 4.15. The lowest BCUT2D eigenvalue weighted by molar-refractivity contribution is 0.170. The van der Waals surface area contributed by atoms with Crippen molar-refractivity contribution in [1.29, 1.82) is 0 Å². The predicted molar refractivity (Wildman–Crippen MR) is 91.9 cm³/mol. The zero-order valence-electron chi connectivity index (χ0n) is 14.2. The summed E-state index contributed by atoms with van der Waals surface area (Å²) in [6.45, 7) is 7.09. The molecule has 4 rings (SSSR count). The first-order chi connectivity index (χ1) is 11.7. The normalized spacial score (nSPS) is 19.4. The van der Waals surface area contributed by atoms with E-state index >= 15 is 0 Å². The average Bonchev–Trinajstić information content (AvgIpc) is 3.21. The molecule has 0 radical (unpaired) electrons. The molecule has 0 unspecified atom stereocenters. The summed E-state index contributed by atoms with van der Waals surface area (Å²) in [5.74, 6) is 2.55. The van der Waals surface area contributed by atoms with Crippen LogP contribution in [0, 0.1) is 0 Å². The van der Waals surface area contributed by atoms with Crippen LogP contribution in [0.4, 0.5) is 0 Å². The van der Waals surface area contributed by atoms with Crippen molar-refractivity contribution in [3.05, 3.63) is 47.7 Å². The van der Waals surface area contributed by atoms with Crippen LogP contribution in [0.5, 0.6) is 0 Å². The van der Waals surface area contributed by atoms with Crippen LogP contribution >= 0.6 is 0 Å². The van der Waals surface area contributed by atoms with Gasteiger partial charge in [0.05, 0.1) is 12.2 Å². The second-order valence-corrected chi connectivity index (χ2v) is 6.97. The van der Waals surface area contributed by atoms with Crippen molar-refractivity contribution in [2.45, 2.75) is 45.1 Å². The topological polar surface area (TPSA) is 55.3 Å². The molecule has 0 bridgehead atoms. The number of para-hydroxylation sites is 2. The fourth-order valence-corrected chi connectivity index (χ4v) is 3.36. The highest BCUT2D eigenvalue weighted by molar-refractivity contribution is 5.72. The van der Waals surface area contributed by atoms with Crippen LogP contribution in [0.1, 0.15) is 55.9 Å². The monoisotopic (exact) mass is 325 g/mol. The molecule has 3 heterocycles. The number of hydrogen-bond donors (Lipinski definition) is 0. The van der Waals surface area contributed by atoms with Crippen LogP contribution < -0.4 is 0 Å². The third-order valence-corrected chi connectivity index (χ3v) is 4.71. The van der Waals surface area contributed by atoms with E-state index in [1.165, 1.54) is 0 Å². The van der Waals surface area contributed by atoms with Crippen LogP contribution in [-0.4, -0.2) is 28.1 Å². The van der Waals surface area contributed by atoms with Crippen LogP contribution in [0.15, 0.2) is 39.3 Å². The molecule has 24 heavy (non-hydrogen) atoms. The van der Waals surface area contributed by atoms with Gasteiger partial charge in [0.25, 0.3) is 0 Å². The Bertz CT molecular complexity index is 788. The van der Waals surface area contributed by atoms with Gasteiger partial charge in [-0.2, -0.15) is 0 Å². The number of aromatic nitrogens is 2. The summed E-state index contributed by atoms with van der Waals surface area (Å²) < 4.78 is 11.5. The van der Waals surface area contributed by atoms with E-state index in [0.717, 1.165) is 60.9 Å². The second kappa shape index (κ2) is 6.40. The number of likely N-dealkylation sites (tertiary alicyclic amines) is 1. The first kappa shape index (κ1) is 15.4. The van der Waals surface area contributed by atoms with Gasteiger partial charge in [-0.25, -0.2) is 4.98 Å². The Morgan fingerprint density at radius 3 is 2.96 bits per heavy atom. The molecule has 1 aromatic carbocycles. The fourth-order valence-electron chi connectivity index (χ4n) is 3.36. The maximum Gasteiger partial charge on any atom is 0.199 e. The minimum atomic E-state index is 0.346. The summed E-state index contributed by atoms with van der Waals surface area (Å²) in [6, 6.07) is 10.0. The van der Waals surface area contributed by atoms with Crippen LogP contribution in [-0.2, 0) is 6.54 Å². The predicted octanol–water partition coefficient (Wildman–Crippen LogP) is 4.32. The maximum atomic E-state index is 5.97. The van der Waals surface area contributed by atoms with Gasteiger partial charge in [0.2, 0.25) is 0 Å². The van der Waals surface area contributed by atoms with Gasteiger partial charge in [-0.1, -0.05) is 31.1 Å². The van der Waals surface area contributed by atoms with Crippen molar-refractivity contribution in [2.75, 3.05) is 13.1 Å². The van der Waals surface area contributed by atoms with Crippen molar-refractivity contribution < 1.29 is 8.94 Å². The van der Waals surface area contributed by atoms with E-state index < -0.39 is 0 Å². The molecule has 0 saturated carbocycles. The van der Waals surface area contributed by atoms with Crippen molar-refractivity contribution in [3.63, 3.8) is 0 Å². The molecule has 0 amide bonds. The standard InChI is InChI=1S/C19H23N3O2/c1-13(2)17-10-15(24-21-17)12-22-9-5-6-14(11-22)19-20-16-7-3-4-8-18(16)23-19/h3-4,7-8,10,13-14H,5-6,9,11-12H2,1-2H3/t14-/m1/s1. The number of oxazole rings is 1. The molecule has 1 fully saturated rings. The minimum Gasteiger partial charge on any atom is -0.440 e. The third-order valence-electron chi connectivity index (χ3n) is 4.71. The van der Waals surface area contributed by atoms with E-state index in [9.17, 15) is 0 Å². The molecule has 1 atom stereocenters. The Labute approximate surface area is 141 Å². The van der Waals surface area contributed by atoms with Crippen LogP contribution in [0.2, 0.25) is 0 Å². The number of piperidine rings is 1. The summed E-state index contributed by atoms with van der Waals surface area (Å²) in [5.41, 5.74) is 2.85. The van der Waals surface area contributed by atoms with E-state index in [2.05, 4.69) is 35.0 Å². The fraction of sp³-hybridized carbons (Fsp3) is 0.474. The van der Waals surface area contributed by atoms with Gasteiger partial charge >= 0.3 is 0 Å². The molecule has 5 nitrogen and oxygen atoms in total. The van der Waals surface area contributed by atoms with Gasteiger partial charge in [-0.15, -0.1) is 0 Å². The molecule has 5 heteroatoms. The molecule has 3 aromatic rings. The number of fused-ring (bicyclic) bond motifs is 1. The van der Waals surface area contributed by atoms with Gasteiger partial charge in [0.1, 0.15) is 5.52 Å². The average molecular weight is 325 g/mol. The zero-order valence-corrected chi connectivity index (χ0v) is 14.2. The molecule has 0 N–H and O–H groups in total. The van der Waals surface area contributed by atoms with E-state index in [1.807, 2.05) is 24.3 Å². The first-order valence-corrected chi connectivity index (χ1v) is 8.72. The van der Waals surface area contributed by atoms with Gasteiger partial charge in [-0.3, -0.25) is 4.90 Å². The minimum absolute atomic E-state index is 0.346. The highest BCUT2D eigenvalue weighted by atomic mass is 16.5. The molecule has 0 spiro atoms. The Hall–Kier alpha value is -2.14. The van der Waals surface area contributed by atoms with Crippen molar-refractivity contribution in [3.8, 4) is 0 Å². The lowest BCUT2D eigenvalue weighted by atomic mass is 9.98. The van der Waals surface area contributed by atoms with Gasteiger partial charge in [0, 0.05) is 18.5 Å². The molecule has 0 aliphatic carbocycles. The summed E-state index contributed by atoms with van der Waals surface area (Å²) in [6.07, 6.45) is 2.27.